The van der Waals surface area contributed by atoms with Crippen LogP contribution in [0.15, 0.2) is 35.2 Å². The van der Waals surface area contributed by atoms with Gasteiger partial charge in [0.05, 0.1) is 0 Å². The quantitative estimate of drug-likeness (QED) is 0.637. The van der Waals surface area contributed by atoms with Crippen molar-refractivity contribution in [3.63, 3.8) is 0 Å². The Hall–Kier alpha value is -0.940. The minimum absolute atomic E-state index is 0.0876. The Morgan fingerprint density at radius 1 is 1.35 bits per heavy atom. The molecule has 0 saturated carbocycles. The molecule has 1 aromatic rings. The van der Waals surface area contributed by atoms with Crippen LogP contribution in [0.4, 0.5) is 13.2 Å². The second-order valence-electron chi connectivity index (χ2n) is 3.41. The highest BCUT2D eigenvalue weighted by Crippen LogP contribution is 2.36. The van der Waals surface area contributed by atoms with Crippen molar-refractivity contribution in [1.82, 2.24) is 5.32 Å². The zero-order valence-electron chi connectivity index (χ0n) is 9.42. The third-order valence-electron chi connectivity index (χ3n) is 1.96. The number of alkyl halides is 3. The number of hydrogen-bond acceptors (Lipinski definition) is 2. The molecular weight excluding hydrogens is 247 g/mol. The minimum atomic E-state index is -4.23. The van der Waals surface area contributed by atoms with Crippen molar-refractivity contribution in [3.8, 4) is 0 Å². The molecule has 0 saturated heterocycles. The Labute approximate surface area is 103 Å². The van der Waals surface area contributed by atoms with Crippen LogP contribution in [0.5, 0.6) is 0 Å². The van der Waals surface area contributed by atoms with Crippen LogP contribution in [0.3, 0.4) is 0 Å². The molecule has 17 heavy (non-hydrogen) atoms. The van der Waals surface area contributed by atoms with Gasteiger partial charge in [-0.1, -0.05) is 24.3 Å². The molecular formula is C12H14F3NS. The van der Waals surface area contributed by atoms with Gasteiger partial charge in [0.25, 0.3) is 0 Å². The predicted molar refractivity (Wildman–Crippen MR) is 65.9 cm³/mol. The molecule has 0 radical (unpaired) electrons. The van der Waals surface area contributed by atoms with E-state index >= 15 is 0 Å². The zero-order valence-corrected chi connectivity index (χ0v) is 10.2. The van der Waals surface area contributed by atoms with Crippen molar-refractivity contribution < 1.29 is 13.2 Å². The fourth-order valence-corrected chi connectivity index (χ4v) is 1.87. The van der Waals surface area contributed by atoms with Gasteiger partial charge in [-0.25, -0.2) is 0 Å². The largest absolute Gasteiger partial charge is 0.446 e. The molecule has 0 bridgehead atoms. The highest BCUT2D eigenvalue weighted by atomic mass is 32.2. The molecule has 0 aliphatic heterocycles. The lowest BCUT2D eigenvalue weighted by Gasteiger charge is -2.05. The fraction of sp³-hybridized carbons (Fsp3) is 0.333. The normalized spacial score (nSPS) is 12.2. The standard InChI is InChI=1S/C12H14F3NS/c1-16-8-3-2-5-10-6-4-7-11(9-10)17-12(13,14)15/h2,4-7,9,16H,3,8H2,1H3. The summed E-state index contributed by atoms with van der Waals surface area (Å²) in [6, 6.07) is 6.42. The lowest BCUT2D eigenvalue weighted by molar-refractivity contribution is -0.0328. The molecule has 1 rings (SSSR count). The molecule has 1 aromatic carbocycles. The lowest BCUT2D eigenvalue weighted by atomic mass is 10.2. The number of benzene rings is 1. The summed E-state index contributed by atoms with van der Waals surface area (Å²) in [6.45, 7) is 0.855. The van der Waals surface area contributed by atoms with Crippen LogP contribution in [0.25, 0.3) is 6.08 Å². The number of rotatable bonds is 5. The van der Waals surface area contributed by atoms with E-state index in [0.717, 1.165) is 18.5 Å². The molecule has 0 heterocycles. The van der Waals surface area contributed by atoms with Gasteiger partial charge in [-0.2, -0.15) is 13.2 Å². The van der Waals surface area contributed by atoms with E-state index in [1.54, 1.807) is 12.1 Å². The van der Waals surface area contributed by atoms with Gasteiger partial charge in [0.1, 0.15) is 0 Å². The number of hydrogen-bond donors (Lipinski definition) is 1. The second kappa shape index (κ2) is 6.71. The minimum Gasteiger partial charge on any atom is -0.319 e. The third-order valence-corrected chi connectivity index (χ3v) is 2.68. The Balaban J connectivity index is 2.63. The van der Waals surface area contributed by atoms with Gasteiger partial charge in [-0.3, -0.25) is 0 Å². The molecule has 0 unspecified atom stereocenters. The third kappa shape index (κ3) is 6.38. The summed E-state index contributed by atoms with van der Waals surface area (Å²) in [7, 11) is 1.86. The lowest BCUT2D eigenvalue weighted by Crippen LogP contribution is -2.05. The Bertz CT molecular complexity index is 374. The van der Waals surface area contributed by atoms with Gasteiger partial charge >= 0.3 is 5.51 Å². The molecule has 0 aliphatic rings. The Kier molecular flexibility index (Phi) is 5.58. The number of thioether (sulfide) groups is 1. The summed E-state index contributed by atoms with van der Waals surface area (Å²) < 4.78 is 36.5. The van der Waals surface area contributed by atoms with E-state index < -0.39 is 5.51 Å². The predicted octanol–water partition coefficient (Wildman–Crippen LogP) is 3.92. The summed E-state index contributed by atoms with van der Waals surface area (Å²) in [4.78, 5) is 0.216. The molecule has 1 N–H and O–H groups in total. The molecule has 0 aromatic heterocycles. The highest BCUT2D eigenvalue weighted by molar-refractivity contribution is 8.00. The first-order chi connectivity index (χ1) is 8.01. The first-order valence-corrected chi connectivity index (χ1v) is 6.00. The van der Waals surface area contributed by atoms with Crippen molar-refractivity contribution in [2.24, 2.45) is 0 Å². The van der Waals surface area contributed by atoms with Crippen LogP contribution in [0.1, 0.15) is 12.0 Å². The fourth-order valence-electron chi connectivity index (χ4n) is 1.26. The molecule has 0 spiro atoms. The van der Waals surface area contributed by atoms with Crippen LogP contribution in [0, 0.1) is 0 Å². The van der Waals surface area contributed by atoms with Crippen LogP contribution in [-0.4, -0.2) is 19.1 Å². The number of halogens is 3. The average Bonchev–Trinajstić information content (AvgIpc) is 2.23. The molecule has 0 aliphatic carbocycles. The number of nitrogens with one attached hydrogen (secondary N) is 1. The Morgan fingerprint density at radius 2 is 2.12 bits per heavy atom. The monoisotopic (exact) mass is 261 g/mol. The maximum absolute atomic E-state index is 12.2. The molecule has 1 nitrogen and oxygen atoms in total. The van der Waals surface area contributed by atoms with Gasteiger partial charge in [-0.15, -0.1) is 0 Å². The van der Waals surface area contributed by atoms with E-state index in [1.165, 1.54) is 12.1 Å². The summed E-state index contributed by atoms with van der Waals surface area (Å²) in [5, 5.41) is 2.99. The van der Waals surface area contributed by atoms with E-state index in [9.17, 15) is 13.2 Å². The van der Waals surface area contributed by atoms with Gasteiger partial charge in [0, 0.05) is 4.90 Å². The van der Waals surface area contributed by atoms with Gasteiger partial charge < -0.3 is 5.32 Å². The molecule has 5 heteroatoms. The van der Waals surface area contributed by atoms with Crippen LogP contribution < -0.4 is 5.32 Å². The van der Waals surface area contributed by atoms with Gasteiger partial charge in [0.2, 0.25) is 0 Å². The van der Waals surface area contributed by atoms with Crippen LogP contribution >= 0.6 is 11.8 Å². The van der Waals surface area contributed by atoms with E-state index in [2.05, 4.69) is 5.32 Å². The first kappa shape index (κ1) is 14.1. The maximum atomic E-state index is 12.2. The SMILES string of the molecule is CNCCC=Cc1cccc(SC(F)(F)F)c1. The van der Waals surface area contributed by atoms with Gasteiger partial charge in [0.15, 0.2) is 0 Å². The summed E-state index contributed by atoms with van der Waals surface area (Å²) in [5.41, 5.74) is -3.44. The van der Waals surface area contributed by atoms with Crippen molar-refractivity contribution in [3.05, 3.63) is 35.9 Å². The Morgan fingerprint density at radius 3 is 2.76 bits per heavy atom. The average molecular weight is 261 g/mol. The summed E-state index contributed by atoms with van der Waals surface area (Å²) in [5.74, 6) is 0. The topological polar surface area (TPSA) is 12.0 Å². The van der Waals surface area contributed by atoms with Crippen LogP contribution in [0.2, 0.25) is 0 Å². The van der Waals surface area contributed by atoms with Crippen LogP contribution in [-0.2, 0) is 0 Å². The molecule has 0 atom stereocenters. The van der Waals surface area contributed by atoms with Crippen molar-refractivity contribution in [2.45, 2.75) is 16.8 Å². The second-order valence-corrected chi connectivity index (χ2v) is 4.55. The molecule has 0 fully saturated rings. The first-order valence-electron chi connectivity index (χ1n) is 5.18. The van der Waals surface area contributed by atoms with E-state index in [1.807, 2.05) is 19.2 Å². The van der Waals surface area contributed by atoms with Crippen molar-refractivity contribution >= 4 is 17.8 Å². The highest BCUT2D eigenvalue weighted by Gasteiger charge is 2.28. The van der Waals surface area contributed by atoms with Crippen molar-refractivity contribution in [2.75, 3.05) is 13.6 Å². The summed E-state index contributed by atoms with van der Waals surface area (Å²) in [6.07, 6.45) is 4.62. The smallest absolute Gasteiger partial charge is 0.319 e. The zero-order chi connectivity index (χ0) is 12.7. The van der Waals surface area contributed by atoms with Crippen molar-refractivity contribution in [1.29, 1.82) is 0 Å². The summed E-state index contributed by atoms with van der Waals surface area (Å²) >= 11 is -0.0876. The molecule has 0 amide bonds. The van der Waals surface area contributed by atoms with E-state index in [4.69, 9.17) is 0 Å². The van der Waals surface area contributed by atoms with Gasteiger partial charge in [-0.05, 0) is 49.5 Å². The van der Waals surface area contributed by atoms with E-state index in [-0.39, 0.29) is 16.7 Å². The molecule has 94 valence electrons. The maximum Gasteiger partial charge on any atom is 0.446 e. The van der Waals surface area contributed by atoms with E-state index in [0.29, 0.717) is 0 Å².